The van der Waals surface area contributed by atoms with Gasteiger partial charge in [0.1, 0.15) is 5.82 Å². The first-order chi connectivity index (χ1) is 11.4. The van der Waals surface area contributed by atoms with Crippen molar-refractivity contribution in [2.75, 3.05) is 13.1 Å². The monoisotopic (exact) mass is 336 g/mol. The van der Waals surface area contributed by atoms with E-state index in [4.69, 9.17) is 11.5 Å². The third-order valence-electron chi connectivity index (χ3n) is 4.03. The summed E-state index contributed by atoms with van der Waals surface area (Å²) in [7, 11) is 0. The van der Waals surface area contributed by atoms with E-state index in [1.807, 2.05) is 11.0 Å². The SMILES string of the molecule is NC(=O)C(NC(=O)[C@@H]1CCCN(Cc2cccc(F)c2)C1)C(N)=O. The fourth-order valence-corrected chi connectivity index (χ4v) is 2.85. The van der Waals surface area contributed by atoms with E-state index in [-0.39, 0.29) is 11.7 Å². The number of carbonyl (C=O) groups excluding carboxylic acids is 3. The highest BCUT2D eigenvalue weighted by Crippen LogP contribution is 2.19. The van der Waals surface area contributed by atoms with E-state index < -0.39 is 23.8 Å². The summed E-state index contributed by atoms with van der Waals surface area (Å²) in [4.78, 5) is 36.6. The Labute approximate surface area is 139 Å². The maximum absolute atomic E-state index is 13.3. The van der Waals surface area contributed by atoms with E-state index >= 15 is 0 Å². The van der Waals surface area contributed by atoms with E-state index in [0.717, 1.165) is 18.5 Å². The lowest BCUT2D eigenvalue weighted by molar-refractivity contribution is -0.136. The van der Waals surface area contributed by atoms with Gasteiger partial charge >= 0.3 is 0 Å². The van der Waals surface area contributed by atoms with Gasteiger partial charge < -0.3 is 16.8 Å². The number of hydrogen-bond acceptors (Lipinski definition) is 4. The molecule has 1 heterocycles. The van der Waals surface area contributed by atoms with Crippen molar-refractivity contribution in [1.29, 1.82) is 0 Å². The van der Waals surface area contributed by atoms with Crippen LogP contribution in [0.1, 0.15) is 18.4 Å². The highest BCUT2D eigenvalue weighted by molar-refractivity contribution is 6.05. The van der Waals surface area contributed by atoms with Crippen LogP contribution in [0.25, 0.3) is 0 Å². The highest BCUT2D eigenvalue weighted by atomic mass is 19.1. The fraction of sp³-hybridized carbons (Fsp3) is 0.438. The molecule has 1 saturated heterocycles. The van der Waals surface area contributed by atoms with E-state index in [1.54, 1.807) is 6.07 Å². The van der Waals surface area contributed by atoms with Gasteiger partial charge in [0.05, 0.1) is 5.92 Å². The maximum Gasteiger partial charge on any atom is 0.249 e. The second-order valence-electron chi connectivity index (χ2n) is 5.95. The largest absolute Gasteiger partial charge is 0.367 e. The van der Waals surface area contributed by atoms with Gasteiger partial charge in [-0.15, -0.1) is 0 Å². The molecular formula is C16H21FN4O3. The van der Waals surface area contributed by atoms with E-state index in [2.05, 4.69) is 5.32 Å². The second kappa shape index (κ2) is 7.87. The van der Waals surface area contributed by atoms with Crippen molar-refractivity contribution >= 4 is 17.7 Å². The molecular weight excluding hydrogens is 315 g/mol. The number of amides is 3. The van der Waals surface area contributed by atoms with E-state index in [0.29, 0.717) is 19.5 Å². The Morgan fingerprint density at radius 3 is 2.62 bits per heavy atom. The highest BCUT2D eigenvalue weighted by Gasteiger charge is 2.30. The standard InChI is InChI=1S/C16H21FN4O3/c17-12-5-1-3-10(7-12)8-21-6-2-4-11(9-21)16(24)20-13(14(18)22)15(19)23/h1,3,5,7,11,13H,2,4,6,8-9H2,(H2,18,22)(H2,19,23)(H,20,24)/t11-/m1/s1. The van der Waals surface area contributed by atoms with Crippen LogP contribution in [0.3, 0.4) is 0 Å². The minimum absolute atomic E-state index is 0.301. The van der Waals surface area contributed by atoms with Crippen LogP contribution in [0, 0.1) is 11.7 Å². The Kier molecular flexibility index (Phi) is 5.86. The molecule has 0 saturated carbocycles. The molecule has 1 aliphatic rings. The van der Waals surface area contributed by atoms with Gasteiger partial charge in [-0.2, -0.15) is 0 Å². The predicted octanol–water partition coefficient (Wildman–Crippen LogP) is -0.507. The summed E-state index contributed by atoms with van der Waals surface area (Å²) in [6.07, 6.45) is 1.42. The first kappa shape index (κ1) is 17.9. The van der Waals surface area contributed by atoms with Crippen LogP contribution in [0.2, 0.25) is 0 Å². The lowest BCUT2D eigenvalue weighted by Gasteiger charge is -2.32. The van der Waals surface area contributed by atoms with Crippen LogP contribution < -0.4 is 16.8 Å². The van der Waals surface area contributed by atoms with Gasteiger partial charge in [-0.1, -0.05) is 12.1 Å². The number of rotatable bonds is 6. The molecule has 0 aromatic heterocycles. The summed E-state index contributed by atoms with van der Waals surface area (Å²) in [6, 6.07) is 4.80. The number of likely N-dealkylation sites (tertiary alicyclic amines) is 1. The molecule has 1 atom stereocenters. The number of nitrogens with one attached hydrogen (secondary N) is 1. The number of primary amides is 2. The molecule has 1 fully saturated rings. The maximum atomic E-state index is 13.3. The minimum Gasteiger partial charge on any atom is -0.367 e. The van der Waals surface area contributed by atoms with Crippen molar-refractivity contribution in [3.63, 3.8) is 0 Å². The predicted molar refractivity (Wildman–Crippen MR) is 84.7 cm³/mol. The summed E-state index contributed by atoms with van der Waals surface area (Å²) in [5, 5.41) is 2.30. The molecule has 0 spiro atoms. The van der Waals surface area contributed by atoms with Crippen LogP contribution in [-0.2, 0) is 20.9 Å². The zero-order chi connectivity index (χ0) is 17.7. The van der Waals surface area contributed by atoms with Gasteiger partial charge in [0.15, 0.2) is 6.04 Å². The number of nitrogens with two attached hydrogens (primary N) is 2. The normalized spacial score (nSPS) is 18.3. The van der Waals surface area contributed by atoms with Crippen molar-refractivity contribution in [3.8, 4) is 0 Å². The van der Waals surface area contributed by atoms with E-state index in [9.17, 15) is 18.8 Å². The molecule has 7 nitrogen and oxygen atoms in total. The lowest BCUT2D eigenvalue weighted by atomic mass is 9.96. The molecule has 0 unspecified atom stereocenters. The van der Waals surface area contributed by atoms with Crippen molar-refractivity contribution in [2.24, 2.45) is 17.4 Å². The molecule has 1 aromatic rings. The molecule has 0 radical (unpaired) electrons. The van der Waals surface area contributed by atoms with Crippen molar-refractivity contribution in [1.82, 2.24) is 10.2 Å². The molecule has 2 rings (SSSR count). The van der Waals surface area contributed by atoms with Crippen molar-refractivity contribution in [2.45, 2.75) is 25.4 Å². The summed E-state index contributed by atoms with van der Waals surface area (Å²) in [6.45, 7) is 1.76. The molecule has 1 aliphatic heterocycles. The Balaban J connectivity index is 1.95. The van der Waals surface area contributed by atoms with Crippen LogP contribution >= 0.6 is 0 Å². The molecule has 24 heavy (non-hydrogen) atoms. The summed E-state index contributed by atoms with van der Waals surface area (Å²) < 4.78 is 13.3. The van der Waals surface area contributed by atoms with Crippen LogP contribution in [0.15, 0.2) is 24.3 Å². The number of piperidine rings is 1. The number of benzene rings is 1. The first-order valence-corrected chi connectivity index (χ1v) is 7.72. The van der Waals surface area contributed by atoms with Crippen LogP contribution in [0.5, 0.6) is 0 Å². The topological polar surface area (TPSA) is 119 Å². The molecule has 3 amide bonds. The number of hydrogen-bond donors (Lipinski definition) is 3. The lowest BCUT2D eigenvalue weighted by Crippen LogP contribution is -2.55. The quantitative estimate of drug-likeness (QED) is 0.606. The smallest absolute Gasteiger partial charge is 0.249 e. The van der Waals surface area contributed by atoms with Gasteiger partial charge in [0.2, 0.25) is 17.7 Å². The average Bonchev–Trinajstić information content (AvgIpc) is 2.52. The van der Waals surface area contributed by atoms with Gasteiger partial charge in [-0.25, -0.2) is 4.39 Å². The van der Waals surface area contributed by atoms with Gasteiger partial charge in [-0.3, -0.25) is 19.3 Å². The van der Waals surface area contributed by atoms with Crippen LogP contribution in [-0.4, -0.2) is 41.8 Å². The van der Waals surface area contributed by atoms with Crippen LogP contribution in [0.4, 0.5) is 4.39 Å². The first-order valence-electron chi connectivity index (χ1n) is 7.72. The van der Waals surface area contributed by atoms with Gasteiger partial charge in [-0.05, 0) is 37.1 Å². The molecule has 0 aliphatic carbocycles. The Bertz CT molecular complexity index is 624. The number of halogens is 1. The Morgan fingerprint density at radius 2 is 2.00 bits per heavy atom. The molecule has 1 aromatic carbocycles. The summed E-state index contributed by atoms with van der Waals surface area (Å²) >= 11 is 0. The Hall–Kier alpha value is -2.48. The summed E-state index contributed by atoms with van der Waals surface area (Å²) in [5.74, 6) is -3.08. The minimum atomic E-state index is -1.50. The Morgan fingerprint density at radius 1 is 1.29 bits per heavy atom. The van der Waals surface area contributed by atoms with Crippen molar-refractivity contribution in [3.05, 3.63) is 35.6 Å². The molecule has 5 N–H and O–H groups in total. The third kappa shape index (κ3) is 4.76. The number of carbonyl (C=O) groups is 3. The van der Waals surface area contributed by atoms with Gasteiger partial charge in [0, 0.05) is 13.1 Å². The zero-order valence-corrected chi connectivity index (χ0v) is 13.2. The fourth-order valence-electron chi connectivity index (χ4n) is 2.85. The third-order valence-corrected chi connectivity index (χ3v) is 4.03. The van der Waals surface area contributed by atoms with Gasteiger partial charge in [0.25, 0.3) is 0 Å². The second-order valence-corrected chi connectivity index (χ2v) is 5.95. The van der Waals surface area contributed by atoms with Crippen molar-refractivity contribution < 1.29 is 18.8 Å². The molecule has 130 valence electrons. The summed E-state index contributed by atoms with van der Waals surface area (Å²) in [5.41, 5.74) is 10.9. The number of nitrogens with zero attached hydrogens (tertiary/aromatic N) is 1. The average molecular weight is 336 g/mol. The zero-order valence-electron chi connectivity index (χ0n) is 13.2. The van der Waals surface area contributed by atoms with E-state index in [1.165, 1.54) is 12.1 Å². The molecule has 8 heteroatoms. The molecule has 0 bridgehead atoms.